The minimum atomic E-state index is 0.193. The van der Waals surface area contributed by atoms with Crippen molar-refractivity contribution < 1.29 is 4.79 Å². The van der Waals surface area contributed by atoms with Gasteiger partial charge in [-0.1, -0.05) is 36.6 Å². The fourth-order valence-corrected chi connectivity index (χ4v) is 2.91. The van der Waals surface area contributed by atoms with Crippen LogP contribution >= 0.6 is 11.6 Å². The van der Waals surface area contributed by atoms with Crippen molar-refractivity contribution in [2.24, 2.45) is 0 Å². The first-order chi connectivity index (χ1) is 9.16. The summed E-state index contributed by atoms with van der Waals surface area (Å²) in [4.78, 5) is 14.6. The molecule has 0 spiro atoms. The van der Waals surface area contributed by atoms with E-state index in [0.717, 1.165) is 18.7 Å². The van der Waals surface area contributed by atoms with Gasteiger partial charge in [0, 0.05) is 29.6 Å². The van der Waals surface area contributed by atoms with E-state index < -0.39 is 0 Å². The van der Waals surface area contributed by atoms with Crippen LogP contribution in [0.5, 0.6) is 0 Å². The second-order valence-corrected chi connectivity index (χ2v) is 5.85. The van der Waals surface area contributed by atoms with Crippen LogP contribution in [0.25, 0.3) is 0 Å². The minimum Gasteiger partial charge on any atom is -0.300 e. The number of carbonyl (C=O) groups is 1. The van der Waals surface area contributed by atoms with Gasteiger partial charge in [0.25, 0.3) is 0 Å². The van der Waals surface area contributed by atoms with Crippen LogP contribution in [-0.4, -0.2) is 29.8 Å². The molecule has 1 heterocycles. The number of rotatable bonds is 4. The topological polar surface area (TPSA) is 20.3 Å². The summed E-state index contributed by atoms with van der Waals surface area (Å²) in [7, 11) is 0. The third-order valence-electron chi connectivity index (χ3n) is 3.96. The highest BCUT2D eigenvalue weighted by Gasteiger charge is 2.17. The molecular weight excluding hydrogens is 258 g/mol. The van der Waals surface area contributed by atoms with Crippen LogP contribution < -0.4 is 0 Å². The largest absolute Gasteiger partial charge is 0.300 e. The van der Waals surface area contributed by atoms with Crippen LogP contribution in [0.4, 0.5) is 0 Å². The number of Topliss-reactive ketones (excluding diaryl/α,β-unsaturated/α-hetero) is 1. The number of likely N-dealkylation sites (tertiary alicyclic amines) is 1. The molecule has 0 radical (unpaired) electrons. The number of hydrogen-bond acceptors (Lipinski definition) is 2. The number of carbonyl (C=O) groups excluding carboxylic acids is 1. The Hall–Kier alpha value is -0.860. The fraction of sp³-hybridized carbons (Fsp3) is 0.562. The Morgan fingerprint density at radius 3 is 3.00 bits per heavy atom. The molecule has 0 aromatic heterocycles. The molecule has 1 aliphatic rings. The molecule has 0 amide bonds. The highest BCUT2D eigenvalue weighted by atomic mass is 35.5. The van der Waals surface area contributed by atoms with Crippen molar-refractivity contribution >= 4 is 17.4 Å². The van der Waals surface area contributed by atoms with E-state index in [4.69, 9.17) is 11.6 Å². The zero-order valence-corrected chi connectivity index (χ0v) is 12.3. The fourth-order valence-electron chi connectivity index (χ4n) is 2.72. The van der Waals surface area contributed by atoms with Gasteiger partial charge >= 0.3 is 0 Å². The lowest BCUT2D eigenvalue weighted by atomic mass is 10.1. The van der Waals surface area contributed by atoms with Crippen molar-refractivity contribution in [1.29, 1.82) is 0 Å². The number of ketones is 1. The van der Waals surface area contributed by atoms with E-state index in [1.807, 2.05) is 12.1 Å². The highest BCUT2D eigenvalue weighted by molar-refractivity contribution is 6.31. The summed E-state index contributed by atoms with van der Waals surface area (Å²) >= 11 is 5.92. The lowest BCUT2D eigenvalue weighted by Gasteiger charge is -2.26. The Kier molecular flexibility index (Phi) is 5.41. The molecule has 1 fully saturated rings. The number of nitrogens with zero attached hydrogens (tertiary/aromatic N) is 1. The summed E-state index contributed by atoms with van der Waals surface area (Å²) in [5.74, 6) is 0.193. The van der Waals surface area contributed by atoms with Crippen LogP contribution in [-0.2, 0) is 0 Å². The number of hydrogen-bond donors (Lipinski definition) is 0. The molecule has 1 aromatic carbocycles. The second-order valence-electron chi connectivity index (χ2n) is 5.42. The molecule has 1 aliphatic heterocycles. The molecule has 2 rings (SSSR count). The monoisotopic (exact) mass is 279 g/mol. The van der Waals surface area contributed by atoms with Gasteiger partial charge in [0.1, 0.15) is 0 Å². The summed E-state index contributed by atoms with van der Waals surface area (Å²) < 4.78 is 0. The Morgan fingerprint density at radius 1 is 1.37 bits per heavy atom. The molecule has 0 saturated carbocycles. The molecule has 1 atom stereocenters. The van der Waals surface area contributed by atoms with E-state index in [1.54, 1.807) is 12.1 Å². The molecular formula is C16H22ClNO. The van der Waals surface area contributed by atoms with Crippen molar-refractivity contribution in [2.45, 2.75) is 45.1 Å². The van der Waals surface area contributed by atoms with Gasteiger partial charge in [0.2, 0.25) is 0 Å². The minimum absolute atomic E-state index is 0.193. The SMILES string of the molecule is CC1CCCCCN1CCC(=O)c1cccc(Cl)c1. The van der Waals surface area contributed by atoms with Gasteiger partial charge in [-0.05, 0) is 38.4 Å². The van der Waals surface area contributed by atoms with Gasteiger partial charge in [-0.3, -0.25) is 4.79 Å². The van der Waals surface area contributed by atoms with Crippen molar-refractivity contribution in [3.05, 3.63) is 34.9 Å². The van der Waals surface area contributed by atoms with E-state index in [1.165, 1.54) is 25.7 Å². The van der Waals surface area contributed by atoms with Crippen LogP contribution in [0, 0.1) is 0 Å². The Bertz CT molecular complexity index is 433. The molecule has 0 aliphatic carbocycles. The average molecular weight is 280 g/mol. The molecule has 1 aromatic rings. The quantitative estimate of drug-likeness (QED) is 0.771. The molecule has 0 bridgehead atoms. The van der Waals surface area contributed by atoms with Gasteiger partial charge in [-0.15, -0.1) is 0 Å². The Morgan fingerprint density at radius 2 is 2.21 bits per heavy atom. The van der Waals surface area contributed by atoms with Gasteiger partial charge in [0.05, 0.1) is 0 Å². The maximum Gasteiger partial charge on any atom is 0.164 e. The van der Waals surface area contributed by atoms with Crippen molar-refractivity contribution in [1.82, 2.24) is 4.90 Å². The summed E-state index contributed by atoms with van der Waals surface area (Å²) in [5.41, 5.74) is 0.731. The zero-order valence-electron chi connectivity index (χ0n) is 11.6. The van der Waals surface area contributed by atoms with Crippen LogP contribution in [0.2, 0.25) is 5.02 Å². The van der Waals surface area contributed by atoms with Crippen molar-refractivity contribution in [2.75, 3.05) is 13.1 Å². The van der Waals surface area contributed by atoms with E-state index in [2.05, 4.69) is 11.8 Å². The normalized spacial score (nSPS) is 21.1. The van der Waals surface area contributed by atoms with E-state index in [-0.39, 0.29) is 5.78 Å². The molecule has 1 unspecified atom stereocenters. The Balaban J connectivity index is 1.89. The predicted octanol–water partition coefficient (Wildman–Crippen LogP) is 4.18. The van der Waals surface area contributed by atoms with Gasteiger partial charge in [-0.25, -0.2) is 0 Å². The van der Waals surface area contributed by atoms with E-state index in [0.29, 0.717) is 17.5 Å². The summed E-state index contributed by atoms with van der Waals surface area (Å²) in [5, 5.41) is 0.633. The average Bonchev–Trinajstić information content (AvgIpc) is 2.61. The zero-order chi connectivity index (χ0) is 13.7. The first-order valence-corrected chi connectivity index (χ1v) is 7.57. The van der Waals surface area contributed by atoms with Gasteiger partial charge in [0.15, 0.2) is 5.78 Å². The lowest BCUT2D eigenvalue weighted by Crippen LogP contribution is -2.34. The first kappa shape index (κ1) is 14.5. The maximum atomic E-state index is 12.1. The van der Waals surface area contributed by atoms with Crippen LogP contribution in [0.3, 0.4) is 0 Å². The van der Waals surface area contributed by atoms with Crippen molar-refractivity contribution in [3.63, 3.8) is 0 Å². The molecule has 1 saturated heterocycles. The van der Waals surface area contributed by atoms with Gasteiger partial charge < -0.3 is 4.90 Å². The van der Waals surface area contributed by atoms with Crippen molar-refractivity contribution in [3.8, 4) is 0 Å². The maximum absolute atomic E-state index is 12.1. The summed E-state index contributed by atoms with van der Waals surface area (Å²) in [6, 6.07) is 7.85. The molecule has 0 N–H and O–H groups in total. The second kappa shape index (κ2) is 7.06. The molecule has 2 nitrogen and oxygen atoms in total. The molecule has 104 valence electrons. The highest BCUT2D eigenvalue weighted by Crippen LogP contribution is 2.17. The van der Waals surface area contributed by atoms with Crippen LogP contribution in [0.1, 0.15) is 49.4 Å². The number of benzene rings is 1. The standard InChI is InChI=1S/C16H22ClNO/c1-13-6-3-2-4-10-18(13)11-9-16(19)14-7-5-8-15(17)12-14/h5,7-8,12-13H,2-4,6,9-11H2,1H3. The first-order valence-electron chi connectivity index (χ1n) is 7.19. The predicted molar refractivity (Wildman–Crippen MR) is 79.9 cm³/mol. The smallest absolute Gasteiger partial charge is 0.164 e. The third kappa shape index (κ3) is 4.32. The van der Waals surface area contributed by atoms with Gasteiger partial charge in [-0.2, -0.15) is 0 Å². The third-order valence-corrected chi connectivity index (χ3v) is 4.20. The van der Waals surface area contributed by atoms with Crippen LogP contribution in [0.15, 0.2) is 24.3 Å². The molecule has 3 heteroatoms. The van der Waals surface area contributed by atoms with E-state index in [9.17, 15) is 4.79 Å². The molecule has 19 heavy (non-hydrogen) atoms. The summed E-state index contributed by atoms with van der Waals surface area (Å²) in [6.45, 7) is 4.27. The lowest BCUT2D eigenvalue weighted by molar-refractivity contribution is 0.0954. The summed E-state index contributed by atoms with van der Waals surface area (Å²) in [6.07, 6.45) is 5.74. The Labute approximate surface area is 120 Å². The number of halogens is 1. The van der Waals surface area contributed by atoms with E-state index >= 15 is 0 Å².